The molecule has 48 heavy (non-hydrogen) atoms. The minimum atomic E-state index is -1.17. The van der Waals surface area contributed by atoms with E-state index in [1.165, 1.54) is 18.4 Å². The lowest BCUT2D eigenvalue weighted by molar-refractivity contribution is -0.148. The Kier molecular flexibility index (Phi) is 9.17. The molecule has 1 saturated heterocycles. The number of hydrogen-bond donors (Lipinski definition) is 2. The van der Waals surface area contributed by atoms with E-state index in [1.807, 2.05) is 41.8 Å². The molecule has 5 atom stereocenters. The van der Waals surface area contributed by atoms with Crippen molar-refractivity contribution in [3.05, 3.63) is 54.1 Å². The molecule has 3 amide bonds. The van der Waals surface area contributed by atoms with Gasteiger partial charge < -0.3 is 25.0 Å². The van der Waals surface area contributed by atoms with Gasteiger partial charge in [0.25, 0.3) is 0 Å². The summed E-state index contributed by atoms with van der Waals surface area (Å²) in [5.41, 5.74) is 0.963. The molecule has 0 spiro atoms. The fourth-order valence-electron chi connectivity index (χ4n) is 6.99. The van der Waals surface area contributed by atoms with Crippen molar-refractivity contribution in [1.29, 1.82) is 0 Å². The Morgan fingerprint density at radius 1 is 1.12 bits per heavy atom. The highest BCUT2D eigenvalue weighted by molar-refractivity contribution is 7.17. The van der Waals surface area contributed by atoms with Crippen LogP contribution in [0.1, 0.15) is 64.2 Å². The molecule has 12 heteroatoms. The Hall–Kier alpha value is -4.32. The van der Waals surface area contributed by atoms with Crippen LogP contribution in [0.25, 0.3) is 21.6 Å². The summed E-state index contributed by atoms with van der Waals surface area (Å²) in [7, 11) is 1.32. The molecule has 2 aliphatic heterocycles. The maximum absolute atomic E-state index is 14.4. The highest BCUT2D eigenvalue weighted by Gasteiger charge is 2.62. The van der Waals surface area contributed by atoms with Gasteiger partial charge in [-0.3, -0.25) is 19.4 Å². The number of allylic oxidation sites excluding steroid dienone is 1. The van der Waals surface area contributed by atoms with Gasteiger partial charge in [0.1, 0.15) is 29.5 Å². The van der Waals surface area contributed by atoms with Gasteiger partial charge in [-0.15, -0.1) is 11.3 Å². The van der Waals surface area contributed by atoms with Crippen molar-refractivity contribution < 1.29 is 28.7 Å². The molecule has 0 unspecified atom stereocenters. The van der Waals surface area contributed by atoms with Gasteiger partial charge in [0.05, 0.1) is 35.3 Å². The topological polar surface area (TPSA) is 140 Å². The van der Waals surface area contributed by atoms with Gasteiger partial charge in [-0.2, -0.15) is 0 Å². The fourth-order valence-corrected chi connectivity index (χ4v) is 7.78. The van der Waals surface area contributed by atoms with Crippen molar-refractivity contribution in [3.8, 4) is 17.1 Å². The number of carbonyl (C=O) groups excluding carboxylic acids is 4. The average molecular weight is 672 g/mol. The number of thiophene rings is 1. The maximum Gasteiger partial charge on any atom is 0.332 e. The number of pyridine rings is 2. The molecule has 2 saturated carbocycles. The predicted octanol–water partition coefficient (Wildman–Crippen LogP) is 4.56. The first kappa shape index (κ1) is 32.2. The molecule has 252 valence electrons. The highest BCUT2D eigenvalue weighted by Crippen LogP contribution is 2.46. The standard InChI is InChI=1S/C36H41N5O6S/c1-46-35(45)36-20-23(36)9-5-3-2-4-6-11-27(39-31(42)17-22-12-13-22)34(44)41-21-24(18-29(41)33(43)40-36)47-30-19-28(25-10-7-8-15-37-25)38-26-14-16-48-32(26)30/h5,7-10,14-16,19,22-24,27,29H,2-4,6,11-13,17-18,20-21H2,1H3,(H,39,42)(H,40,43)/b9-5-/t23-,24+,27-,29-,36+/m0/s1. The second-order valence-corrected chi connectivity index (χ2v) is 14.4. The smallest absolute Gasteiger partial charge is 0.332 e. The predicted molar refractivity (Wildman–Crippen MR) is 180 cm³/mol. The monoisotopic (exact) mass is 671 g/mol. The summed E-state index contributed by atoms with van der Waals surface area (Å²) in [6.45, 7) is 0.147. The summed E-state index contributed by atoms with van der Waals surface area (Å²) < 4.78 is 12.6. The SMILES string of the molecule is COC(=O)[C@@]12C[C@@H]1/C=C\CCCCC[C@H](NC(=O)CC1CC1)C(=O)N1C[C@H](Oc3cc(-c4ccccn4)nc4ccsc34)C[C@H]1C(=O)N2. The number of nitrogens with zero attached hydrogens (tertiary/aromatic N) is 3. The molecule has 2 aliphatic carbocycles. The summed E-state index contributed by atoms with van der Waals surface area (Å²) >= 11 is 1.51. The van der Waals surface area contributed by atoms with E-state index in [4.69, 9.17) is 14.5 Å². The Labute approximate surface area is 283 Å². The van der Waals surface area contributed by atoms with Crippen molar-refractivity contribution in [3.63, 3.8) is 0 Å². The van der Waals surface area contributed by atoms with Crippen LogP contribution in [0.15, 0.2) is 54.1 Å². The van der Waals surface area contributed by atoms with Crippen LogP contribution in [0.2, 0.25) is 0 Å². The molecule has 4 aliphatic rings. The van der Waals surface area contributed by atoms with Crippen LogP contribution in [0.4, 0.5) is 0 Å². The Bertz CT molecular complexity index is 1720. The number of aromatic nitrogens is 2. The molecule has 3 aromatic rings. The molecule has 3 fully saturated rings. The Balaban J connectivity index is 1.19. The zero-order chi connectivity index (χ0) is 33.3. The third-order valence-electron chi connectivity index (χ3n) is 9.89. The zero-order valence-electron chi connectivity index (χ0n) is 27.1. The van der Waals surface area contributed by atoms with E-state index < -0.39 is 35.6 Å². The van der Waals surface area contributed by atoms with Gasteiger partial charge in [-0.25, -0.2) is 9.78 Å². The number of rotatable bonds is 7. The van der Waals surface area contributed by atoms with Gasteiger partial charge >= 0.3 is 5.97 Å². The molecule has 0 radical (unpaired) electrons. The molecule has 2 N–H and O–H groups in total. The van der Waals surface area contributed by atoms with Crippen LogP contribution in [0.3, 0.4) is 0 Å². The minimum Gasteiger partial charge on any atom is -0.487 e. The van der Waals surface area contributed by atoms with Gasteiger partial charge in [0.2, 0.25) is 17.7 Å². The summed E-state index contributed by atoms with van der Waals surface area (Å²) in [5.74, 6) is -0.564. The van der Waals surface area contributed by atoms with E-state index in [0.717, 1.165) is 48.7 Å². The first-order valence-corrected chi connectivity index (χ1v) is 17.9. The third kappa shape index (κ3) is 6.80. The largest absolute Gasteiger partial charge is 0.487 e. The number of fused-ring (bicyclic) bond motifs is 3. The lowest BCUT2D eigenvalue weighted by Crippen LogP contribution is -2.56. The lowest BCUT2D eigenvalue weighted by atomic mass is 10.0. The number of methoxy groups -OCH3 is 1. The fraction of sp³-hybridized carbons (Fsp3) is 0.500. The van der Waals surface area contributed by atoms with E-state index in [1.54, 1.807) is 11.1 Å². The quantitative estimate of drug-likeness (QED) is 0.275. The summed E-state index contributed by atoms with van der Waals surface area (Å²) in [6, 6.07) is 7.75. The van der Waals surface area contributed by atoms with Crippen molar-refractivity contribution in [2.24, 2.45) is 11.8 Å². The summed E-state index contributed by atoms with van der Waals surface area (Å²) in [5, 5.41) is 7.96. The van der Waals surface area contributed by atoms with E-state index in [2.05, 4.69) is 21.7 Å². The maximum atomic E-state index is 14.4. The third-order valence-corrected chi connectivity index (χ3v) is 10.8. The molecule has 5 heterocycles. The molecular formula is C36H41N5O6S. The number of ether oxygens (including phenoxy) is 2. The summed E-state index contributed by atoms with van der Waals surface area (Å²) in [4.78, 5) is 65.3. The van der Waals surface area contributed by atoms with Crippen LogP contribution in [-0.4, -0.2) is 75.9 Å². The number of nitrogens with one attached hydrogen (secondary N) is 2. The van der Waals surface area contributed by atoms with Crippen LogP contribution >= 0.6 is 11.3 Å². The zero-order valence-corrected chi connectivity index (χ0v) is 27.9. The first-order chi connectivity index (χ1) is 23.3. The number of amides is 3. The van der Waals surface area contributed by atoms with E-state index in [9.17, 15) is 19.2 Å². The van der Waals surface area contributed by atoms with E-state index >= 15 is 0 Å². The van der Waals surface area contributed by atoms with E-state index in [-0.39, 0.29) is 30.7 Å². The molecule has 0 bridgehead atoms. The molecule has 3 aromatic heterocycles. The molecular weight excluding hydrogens is 630 g/mol. The van der Waals surface area contributed by atoms with Crippen molar-refractivity contribution in [2.75, 3.05) is 13.7 Å². The molecule has 0 aromatic carbocycles. The average Bonchev–Trinajstić information content (AvgIpc) is 3.92. The van der Waals surface area contributed by atoms with Crippen molar-refractivity contribution in [1.82, 2.24) is 25.5 Å². The van der Waals surface area contributed by atoms with Crippen LogP contribution < -0.4 is 15.4 Å². The van der Waals surface area contributed by atoms with Crippen LogP contribution in [-0.2, 0) is 23.9 Å². The Morgan fingerprint density at radius 3 is 2.79 bits per heavy atom. The number of carbonyl (C=O) groups is 4. The van der Waals surface area contributed by atoms with Gasteiger partial charge in [0, 0.05) is 31.0 Å². The highest BCUT2D eigenvalue weighted by atomic mass is 32.1. The van der Waals surface area contributed by atoms with Crippen molar-refractivity contribution in [2.45, 2.75) is 87.9 Å². The normalized spacial score (nSPS) is 28.3. The Morgan fingerprint density at radius 2 is 2.00 bits per heavy atom. The van der Waals surface area contributed by atoms with Crippen LogP contribution in [0, 0.1) is 11.8 Å². The van der Waals surface area contributed by atoms with E-state index in [0.29, 0.717) is 42.3 Å². The number of esters is 1. The van der Waals surface area contributed by atoms with Crippen LogP contribution in [0.5, 0.6) is 5.75 Å². The number of hydrogen-bond acceptors (Lipinski definition) is 9. The second-order valence-electron chi connectivity index (χ2n) is 13.4. The van der Waals surface area contributed by atoms with Crippen molar-refractivity contribution >= 4 is 45.2 Å². The van der Waals surface area contributed by atoms with Gasteiger partial charge in [-0.05, 0) is 68.0 Å². The van der Waals surface area contributed by atoms with Gasteiger partial charge in [-0.1, -0.05) is 31.1 Å². The summed E-state index contributed by atoms with van der Waals surface area (Å²) in [6.07, 6.45) is 12.3. The first-order valence-electron chi connectivity index (χ1n) is 17.0. The molecule has 11 nitrogen and oxygen atoms in total. The minimum absolute atomic E-state index is 0.130. The van der Waals surface area contributed by atoms with Gasteiger partial charge in [0.15, 0.2) is 0 Å². The second kappa shape index (κ2) is 13.7. The molecule has 7 rings (SSSR count). The lowest BCUT2D eigenvalue weighted by Gasteiger charge is -2.29.